The highest BCUT2D eigenvalue weighted by molar-refractivity contribution is 6.20. The van der Waals surface area contributed by atoms with Crippen LogP contribution in [0.3, 0.4) is 0 Å². The van der Waals surface area contributed by atoms with Gasteiger partial charge in [0.2, 0.25) is 0 Å². The smallest absolute Gasteiger partial charge is 0.125 e. The first-order valence-corrected chi connectivity index (χ1v) is 5.71. The van der Waals surface area contributed by atoms with Crippen LogP contribution in [0.1, 0.15) is 18.1 Å². The highest BCUT2D eigenvalue weighted by Gasteiger charge is 2.09. The number of halogens is 1. The number of aromatic amines is 1. The Balaban J connectivity index is 2.41. The van der Waals surface area contributed by atoms with Gasteiger partial charge in [0.25, 0.3) is 0 Å². The number of benzene rings is 2. The molecule has 0 radical (unpaired) electrons. The molecule has 0 saturated heterocycles. The van der Waals surface area contributed by atoms with Gasteiger partial charge in [-0.15, -0.1) is 11.6 Å². The van der Waals surface area contributed by atoms with E-state index in [-0.39, 0.29) is 5.38 Å². The number of nitrogens with zero attached hydrogens (tertiary/aromatic N) is 1. The van der Waals surface area contributed by atoms with Crippen LogP contribution in [0.2, 0.25) is 0 Å². The van der Waals surface area contributed by atoms with Gasteiger partial charge in [-0.3, -0.25) is 0 Å². The quantitative estimate of drug-likeness (QED) is 0.629. The van der Waals surface area contributed by atoms with Gasteiger partial charge in [-0.2, -0.15) is 0 Å². The number of fused-ring (bicyclic) bond motifs is 3. The second-order valence-corrected chi connectivity index (χ2v) is 4.58. The zero-order valence-electron chi connectivity index (χ0n) is 8.87. The van der Waals surface area contributed by atoms with Crippen LogP contribution in [-0.4, -0.2) is 9.97 Å². The summed E-state index contributed by atoms with van der Waals surface area (Å²) in [6.45, 7) is 1.92. The van der Waals surface area contributed by atoms with Gasteiger partial charge in [-0.25, -0.2) is 4.98 Å². The molecule has 80 valence electrons. The fourth-order valence-electron chi connectivity index (χ4n) is 1.95. The predicted molar refractivity (Wildman–Crippen MR) is 67.9 cm³/mol. The number of nitrogens with one attached hydrogen (secondary N) is 1. The molecule has 0 bridgehead atoms. The van der Waals surface area contributed by atoms with Crippen molar-refractivity contribution < 1.29 is 0 Å². The molecule has 1 N–H and O–H groups in total. The molecule has 16 heavy (non-hydrogen) atoms. The van der Waals surface area contributed by atoms with Crippen molar-refractivity contribution in [2.75, 3.05) is 0 Å². The maximum atomic E-state index is 6.03. The molecule has 0 aliphatic carbocycles. The van der Waals surface area contributed by atoms with Crippen molar-refractivity contribution in [3.63, 3.8) is 0 Å². The minimum atomic E-state index is -0.0915. The number of aromatic nitrogens is 2. The average Bonchev–Trinajstić information content (AvgIpc) is 2.73. The maximum absolute atomic E-state index is 6.03. The molecule has 2 nitrogen and oxygen atoms in total. The predicted octanol–water partition coefficient (Wildman–Crippen LogP) is 4.02. The standard InChI is InChI=1S/C13H11ClN2/c1-8(14)13-15-11-7-6-9-4-2-3-5-10(9)12(11)16-13/h2-8H,1H3,(H,15,16)/t8-/m0/s1. The molecule has 0 fully saturated rings. The summed E-state index contributed by atoms with van der Waals surface area (Å²) in [6.07, 6.45) is 0. The van der Waals surface area contributed by atoms with Crippen molar-refractivity contribution in [3.05, 3.63) is 42.2 Å². The fourth-order valence-corrected chi connectivity index (χ4v) is 2.05. The third-order valence-corrected chi connectivity index (χ3v) is 2.98. The van der Waals surface area contributed by atoms with Gasteiger partial charge in [0, 0.05) is 5.39 Å². The van der Waals surface area contributed by atoms with Crippen LogP contribution in [0.15, 0.2) is 36.4 Å². The summed E-state index contributed by atoms with van der Waals surface area (Å²) in [5, 5.41) is 2.28. The highest BCUT2D eigenvalue weighted by atomic mass is 35.5. The van der Waals surface area contributed by atoms with Crippen molar-refractivity contribution in [1.82, 2.24) is 9.97 Å². The zero-order valence-corrected chi connectivity index (χ0v) is 9.62. The normalized spacial score (nSPS) is 13.4. The summed E-state index contributed by atoms with van der Waals surface area (Å²) >= 11 is 6.03. The molecule has 0 spiro atoms. The van der Waals surface area contributed by atoms with Crippen LogP contribution in [0, 0.1) is 0 Å². The lowest BCUT2D eigenvalue weighted by atomic mass is 10.1. The lowest BCUT2D eigenvalue weighted by Crippen LogP contribution is -1.85. The molecule has 3 heteroatoms. The van der Waals surface area contributed by atoms with E-state index in [0.29, 0.717) is 0 Å². The molecule has 2 aromatic carbocycles. The van der Waals surface area contributed by atoms with Crippen molar-refractivity contribution >= 4 is 33.4 Å². The Morgan fingerprint density at radius 1 is 1.19 bits per heavy atom. The maximum Gasteiger partial charge on any atom is 0.125 e. The summed E-state index contributed by atoms with van der Waals surface area (Å²) < 4.78 is 0. The van der Waals surface area contributed by atoms with Crippen LogP contribution in [0.4, 0.5) is 0 Å². The van der Waals surface area contributed by atoms with Crippen molar-refractivity contribution in [2.45, 2.75) is 12.3 Å². The topological polar surface area (TPSA) is 28.7 Å². The van der Waals surface area contributed by atoms with Gasteiger partial charge in [0.15, 0.2) is 0 Å². The number of rotatable bonds is 1. The number of alkyl halides is 1. The summed E-state index contributed by atoms with van der Waals surface area (Å²) in [5.41, 5.74) is 2.04. The Morgan fingerprint density at radius 3 is 2.81 bits per heavy atom. The van der Waals surface area contributed by atoms with Crippen molar-refractivity contribution in [2.24, 2.45) is 0 Å². The number of imidazole rings is 1. The van der Waals surface area contributed by atoms with Crippen molar-refractivity contribution in [3.8, 4) is 0 Å². The lowest BCUT2D eigenvalue weighted by Gasteiger charge is -1.96. The fraction of sp³-hybridized carbons (Fsp3) is 0.154. The Bertz CT molecular complexity index is 655. The second-order valence-electron chi connectivity index (χ2n) is 3.92. The number of H-pyrrole nitrogens is 1. The molecule has 3 rings (SSSR count). The molecule has 0 saturated carbocycles. The monoisotopic (exact) mass is 230 g/mol. The average molecular weight is 231 g/mol. The van der Waals surface area contributed by atoms with E-state index in [4.69, 9.17) is 11.6 Å². The molecule has 0 unspecified atom stereocenters. The van der Waals surface area contributed by atoms with E-state index in [1.807, 2.05) is 25.1 Å². The Hall–Kier alpha value is -1.54. The summed E-state index contributed by atoms with van der Waals surface area (Å²) in [6, 6.07) is 12.4. The number of hydrogen-bond acceptors (Lipinski definition) is 1. The van der Waals surface area contributed by atoms with Gasteiger partial charge in [-0.05, 0) is 18.4 Å². The molecular formula is C13H11ClN2. The first kappa shape index (κ1) is 9.67. The van der Waals surface area contributed by atoms with E-state index in [9.17, 15) is 0 Å². The summed E-state index contributed by atoms with van der Waals surface area (Å²) in [7, 11) is 0. The van der Waals surface area contributed by atoms with Crippen LogP contribution >= 0.6 is 11.6 Å². The van der Waals surface area contributed by atoms with Crippen LogP contribution in [0.5, 0.6) is 0 Å². The van der Waals surface area contributed by atoms with Crippen LogP contribution in [0.25, 0.3) is 21.8 Å². The Morgan fingerprint density at radius 2 is 2.00 bits per heavy atom. The van der Waals surface area contributed by atoms with E-state index in [2.05, 4.69) is 28.2 Å². The second kappa shape index (κ2) is 3.49. The third kappa shape index (κ3) is 1.38. The molecule has 1 atom stereocenters. The van der Waals surface area contributed by atoms with E-state index in [1.165, 1.54) is 10.8 Å². The van der Waals surface area contributed by atoms with Gasteiger partial charge < -0.3 is 4.98 Å². The Kier molecular flexibility index (Phi) is 2.11. The van der Waals surface area contributed by atoms with E-state index >= 15 is 0 Å². The van der Waals surface area contributed by atoms with Crippen LogP contribution in [-0.2, 0) is 0 Å². The molecule has 1 aromatic heterocycles. The molecule has 0 aliphatic rings. The number of hydrogen-bond donors (Lipinski definition) is 1. The van der Waals surface area contributed by atoms with Gasteiger partial charge in [-0.1, -0.05) is 30.3 Å². The first-order chi connectivity index (χ1) is 7.75. The van der Waals surface area contributed by atoms with Gasteiger partial charge in [0.05, 0.1) is 16.4 Å². The first-order valence-electron chi connectivity index (χ1n) is 5.27. The summed E-state index contributed by atoms with van der Waals surface area (Å²) in [4.78, 5) is 7.80. The molecule has 0 aliphatic heterocycles. The minimum Gasteiger partial charge on any atom is -0.341 e. The lowest BCUT2D eigenvalue weighted by molar-refractivity contribution is 0.962. The third-order valence-electron chi connectivity index (χ3n) is 2.77. The van der Waals surface area contributed by atoms with Gasteiger partial charge in [0.1, 0.15) is 5.82 Å². The molecular weight excluding hydrogens is 220 g/mol. The highest BCUT2D eigenvalue weighted by Crippen LogP contribution is 2.26. The SMILES string of the molecule is C[C@H](Cl)c1nc2c(ccc3ccccc32)[nH]1. The largest absolute Gasteiger partial charge is 0.341 e. The molecule has 3 aromatic rings. The van der Waals surface area contributed by atoms with E-state index in [1.54, 1.807) is 0 Å². The van der Waals surface area contributed by atoms with Crippen LogP contribution < -0.4 is 0 Å². The molecule has 0 amide bonds. The van der Waals surface area contributed by atoms with Crippen molar-refractivity contribution in [1.29, 1.82) is 0 Å². The van der Waals surface area contributed by atoms with E-state index in [0.717, 1.165) is 16.9 Å². The molecule has 1 heterocycles. The van der Waals surface area contributed by atoms with E-state index < -0.39 is 0 Å². The zero-order chi connectivity index (χ0) is 11.1. The Labute approximate surface area is 98.3 Å². The minimum absolute atomic E-state index is 0.0915. The summed E-state index contributed by atoms with van der Waals surface area (Å²) in [5.74, 6) is 0.827. The van der Waals surface area contributed by atoms with Gasteiger partial charge >= 0.3 is 0 Å².